The molecule has 2 aromatic carbocycles. The van der Waals surface area contributed by atoms with Crippen molar-refractivity contribution < 1.29 is 28.6 Å². The fourth-order valence-corrected chi connectivity index (χ4v) is 5.57. The lowest BCUT2D eigenvalue weighted by Crippen LogP contribution is -2.48. The molecule has 3 atom stereocenters. The second-order valence-electron chi connectivity index (χ2n) is 10.2. The predicted molar refractivity (Wildman–Crippen MR) is 164 cm³/mol. The number of methoxy groups -OCH3 is 2. The summed E-state index contributed by atoms with van der Waals surface area (Å²) in [4.78, 5) is 42.7. The van der Waals surface area contributed by atoms with Gasteiger partial charge in [0.25, 0.3) is 5.91 Å². The SMILES string of the molecule is CCC(C)c1ccc(N(C(=O)CNC(=O)c2cccs2)C(C(=O)NCC2CCCO2)c2ccc(OC)c(OC)c2)cc1. The van der Waals surface area contributed by atoms with Crippen molar-refractivity contribution in [3.05, 3.63) is 76.0 Å². The maximum Gasteiger partial charge on any atom is 0.261 e. The first-order valence-electron chi connectivity index (χ1n) is 14.2. The molecular weight excluding hydrogens is 554 g/mol. The molecule has 0 aliphatic carbocycles. The van der Waals surface area contributed by atoms with Gasteiger partial charge < -0.3 is 24.8 Å². The summed E-state index contributed by atoms with van der Waals surface area (Å²) >= 11 is 1.29. The molecule has 3 unspecified atom stereocenters. The van der Waals surface area contributed by atoms with E-state index < -0.39 is 11.9 Å². The fourth-order valence-electron chi connectivity index (χ4n) is 4.93. The number of nitrogens with zero attached hydrogens (tertiary/aromatic N) is 1. The molecule has 0 spiro atoms. The predicted octanol–water partition coefficient (Wildman–Crippen LogP) is 5.08. The molecule has 1 aliphatic heterocycles. The summed E-state index contributed by atoms with van der Waals surface area (Å²) in [5.74, 6) is 0.0988. The third-order valence-corrected chi connectivity index (χ3v) is 8.39. The number of hydrogen-bond donors (Lipinski definition) is 2. The molecule has 0 radical (unpaired) electrons. The van der Waals surface area contributed by atoms with Gasteiger partial charge in [0.15, 0.2) is 11.5 Å². The minimum atomic E-state index is -1.06. The van der Waals surface area contributed by atoms with E-state index in [1.54, 1.807) is 35.7 Å². The van der Waals surface area contributed by atoms with Crippen LogP contribution in [0.3, 0.4) is 0 Å². The van der Waals surface area contributed by atoms with Crippen LogP contribution in [0.4, 0.5) is 5.69 Å². The van der Waals surface area contributed by atoms with Gasteiger partial charge in [-0.3, -0.25) is 19.3 Å². The molecule has 9 nitrogen and oxygen atoms in total. The lowest BCUT2D eigenvalue weighted by atomic mass is 9.97. The Labute approximate surface area is 251 Å². The van der Waals surface area contributed by atoms with Crippen molar-refractivity contribution in [2.45, 2.75) is 51.2 Å². The quantitative estimate of drug-likeness (QED) is 0.286. The van der Waals surface area contributed by atoms with Gasteiger partial charge in [0.1, 0.15) is 6.04 Å². The van der Waals surface area contributed by atoms with E-state index in [9.17, 15) is 14.4 Å². The summed E-state index contributed by atoms with van der Waals surface area (Å²) in [7, 11) is 3.05. The molecule has 2 N–H and O–H groups in total. The first-order chi connectivity index (χ1) is 20.4. The fraction of sp³-hybridized carbons (Fsp3) is 0.406. The summed E-state index contributed by atoms with van der Waals surface area (Å²) in [6.45, 7) is 4.95. The van der Waals surface area contributed by atoms with Crippen molar-refractivity contribution in [1.82, 2.24) is 10.6 Å². The van der Waals surface area contributed by atoms with Crippen LogP contribution < -0.4 is 25.0 Å². The Morgan fingerprint density at radius 3 is 2.38 bits per heavy atom. The van der Waals surface area contributed by atoms with E-state index in [0.717, 1.165) is 24.8 Å². The summed E-state index contributed by atoms with van der Waals surface area (Å²) in [5.41, 5.74) is 2.19. The second kappa shape index (κ2) is 14.8. The highest BCUT2D eigenvalue weighted by molar-refractivity contribution is 7.12. The third-order valence-electron chi connectivity index (χ3n) is 7.52. The van der Waals surface area contributed by atoms with E-state index in [1.165, 1.54) is 30.5 Å². The van der Waals surface area contributed by atoms with E-state index in [0.29, 0.717) is 46.7 Å². The Balaban J connectivity index is 1.73. The number of nitrogens with one attached hydrogen (secondary N) is 2. The van der Waals surface area contributed by atoms with Crippen molar-refractivity contribution in [1.29, 1.82) is 0 Å². The molecule has 4 rings (SSSR count). The van der Waals surface area contributed by atoms with E-state index in [2.05, 4.69) is 24.5 Å². The Morgan fingerprint density at radius 2 is 1.76 bits per heavy atom. The molecule has 3 amide bonds. The number of carbonyl (C=O) groups is 3. The van der Waals surface area contributed by atoms with Gasteiger partial charge in [0.2, 0.25) is 11.8 Å². The first-order valence-corrected chi connectivity index (χ1v) is 15.1. The number of benzene rings is 2. The molecule has 3 aromatic rings. The van der Waals surface area contributed by atoms with Crippen LogP contribution in [0.25, 0.3) is 0 Å². The molecule has 224 valence electrons. The van der Waals surface area contributed by atoms with Gasteiger partial charge in [0.05, 0.1) is 31.7 Å². The minimum Gasteiger partial charge on any atom is -0.493 e. The van der Waals surface area contributed by atoms with E-state index in [-0.39, 0.29) is 24.5 Å². The van der Waals surface area contributed by atoms with Crippen molar-refractivity contribution in [3.8, 4) is 11.5 Å². The zero-order valence-electron chi connectivity index (χ0n) is 24.6. The van der Waals surface area contributed by atoms with Gasteiger partial charge in [-0.15, -0.1) is 11.3 Å². The number of thiophene rings is 1. The number of rotatable bonds is 13. The molecule has 1 saturated heterocycles. The molecule has 2 heterocycles. The van der Waals surface area contributed by atoms with Crippen LogP contribution >= 0.6 is 11.3 Å². The average molecular weight is 594 g/mol. The van der Waals surface area contributed by atoms with Gasteiger partial charge in [0, 0.05) is 18.8 Å². The summed E-state index contributed by atoms with van der Waals surface area (Å²) in [6, 6.07) is 15.2. The lowest BCUT2D eigenvalue weighted by molar-refractivity contribution is -0.126. The summed E-state index contributed by atoms with van der Waals surface area (Å²) < 4.78 is 16.7. The summed E-state index contributed by atoms with van der Waals surface area (Å²) in [6.07, 6.45) is 2.69. The maximum atomic E-state index is 14.0. The van der Waals surface area contributed by atoms with Crippen LogP contribution in [-0.4, -0.2) is 57.7 Å². The minimum absolute atomic E-state index is 0.0796. The summed E-state index contributed by atoms with van der Waals surface area (Å²) in [5, 5.41) is 7.52. The molecular formula is C32H39N3O6S. The topological polar surface area (TPSA) is 106 Å². The van der Waals surface area contributed by atoms with Crippen molar-refractivity contribution in [3.63, 3.8) is 0 Å². The van der Waals surface area contributed by atoms with E-state index in [4.69, 9.17) is 14.2 Å². The van der Waals surface area contributed by atoms with Crippen molar-refractivity contribution >= 4 is 34.7 Å². The van der Waals surface area contributed by atoms with Crippen LogP contribution in [0.1, 0.15) is 65.9 Å². The Hall–Kier alpha value is -3.89. The molecule has 1 aromatic heterocycles. The van der Waals surface area contributed by atoms with Gasteiger partial charge in [-0.1, -0.05) is 38.1 Å². The number of carbonyl (C=O) groups excluding carboxylic acids is 3. The average Bonchev–Trinajstić information content (AvgIpc) is 3.76. The first kappa shape index (κ1) is 31.1. The normalized spacial score (nSPS) is 15.9. The molecule has 1 aliphatic rings. The maximum absolute atomic E-state index is 14.0. The van der Waals surface area contributed by atoms with Crippen LogP contribution in [0, 0.1) is 0 Å². The zero-order valence-corrected chi connectivity index (χ0v) is 25.4. The molecule has 42 heavy (non-hydrogen) atoms. The Bertz CT molecular complexity index is 1340. The van der Waals surface area contributed by atoms with Gasteiger partial charge >= 0.3 is 0 Å². The Morgan fingerprint density at radius 1 is 1.02 bits per heavy atom. The largest absolute Gasteiger partial charge is 0.493 e. The van der Waals surface area contributed by atoms with Crippen molar-refractivity contribution in [2.24, 2.45) is 0 Å². The zero-order chi connectivity index (χ0) is 30.1. The van der Waals surface area contributed by atoms with Crippen LogP contribution in [0.2, 0.25) is 0 Å². The smallest absolute Gasteiger partial charge is 0.261 e. The van der Waals surface area contributed by atoms with Gasteiger partial charge in [-0.05, 0) is 72.0 Å². The number of hydrogen-bond acceptors (Lipinski definition) is 7. The van der Waals surface area contributed by atoms with Gasteiger partial charge in [-0.25, -0.2) is 0 Å². The van der Waals surface area contributed by atoms with Crippen LogP contribution in [0.5, 0.6) is 11.5 Å². The number of amides is 3. The molecule has 0 saturated carbocycles. The lowest BCUT2D eigenvalue weighted by Gasteiger charge is -2.32. The third kappa shape index (κ3) is 7.49. The number of ether oxygens (including phenoxy) is 3. The highest BCUT2D eigenvalue weighted by atomic mass is 32.1. The monoisotopic (exact) mass is 593 g/mol. The number of anilines is 1. The van der Waals surface area contributed by atoms with Gasteiger partial charge in [-0.2, -0.15) is 0 Å². The highest BCUT2D eigenvalue weighted by Gasteiger charge is 2.34. The second-order valence-corrected chi connectivity index (χ2v) is 11.2. The van der Waals surface area contributed by atoms with E-state index >= 15 is 0 Å². The highest BCUT2D eigenvalue weighted by Crippen LogP contribution is 2.35. The standard InChI is InChI=1S/C32H39N3O6S/c1-5-21(2)22-10-13-24(14-11-22)35(29(36)20-34-31(37)28-9-7-17-42-28)30(32(38)33-19-25-8-6-16-41-25)23-12-15-26(39-3)27(18-23)40-4/h7,9-15,17-18,21,25,30H,5-6,8,16,19-20H2,1-4H3,(H,33,38)(H,34,37). The molecule has 10 heteroatoms. The molecule has 1 fully saturated rings. The Kier molecular flexibility index (Phi) is 11.0. The van der Waals surface area contributed by atoms with Crippen LogP contribution in [0.15, 0.2) is 60.0 Å². The van der Waals surface area contributed by atoms with E-state index in [1.807, 2.05) is 24.3 Å². The molecule has 0 bridgehead atoms. The van der Waals surface area contributed by atoms with Crippen molar-refractivity contribution in [2.75, 3.05) is 38.8 Å². The van der Waals surface area contributed by atoms with Crippen LogP contribution in [-0.2, 0) is 14.3 Å².